The van der Waals surface area contributed by atoms with Crippen molar-refractivity contribution in [1.29, 1.82) is 0 Å². The molecule has 1 atom stereocenters. The van der Waals surface area contributed by atoms with E-state index in [0.717, 1.165) is 18.7 Å². The molecule has 1 heterocycles. The molecule has 0 radical (unpaired) electrons. The Balaban J connectivity index is 2.04. The van der Waals surface area contributed by atoms with Crippen LogP contribution in [0.1, 0.15) is 58.7 Å². The molecule has 36 heavy (non-hydrogen) atoms. The third-order valence-corrected chi connectivity index (χ3v) is 6.16. The number of aliphatic hydroxyl groups excluding tert-OH is 1. The van der Waals surface area contributed by atoms with Gasteiger partial charge in [-0.05, 0) is 82.7 Å². The first-order valence-electron chi connectivity index (χ1n) is 12.7. The molecule has 2 aromatic rings. The first kappa shape index (κ1) is 27.3. The van der Waals surface area contributed by atoms with Crippen molar-refractivity contribution in [1.82, 2.24) is 9.80 Å². The smallest absolute Gasteiger partial charge is 0.295 e. The highest BCUT2D eigenvalue weighted by Gasteiger charge is 2.46. The second kappa shape index (κ2) is 12.1. The largest absolute Gasteiger partial charge is 0.507 e. The Bertz CT molecular complexity index is 1070. The summed E-state index contributed by atoms with van der Waals surface area (Å²) < 4.78 is 11.5. The molecule has 0 saturated carbocycles. The van der Waals surface area contributed by atoms with E-state index in [2.05, 4.69) is 18.7 Å². The van der Waals surface area contributed by atoms with Gasteiger partial charge in [0.15, 0.2) is 0 Å². The van der Waals surface area contributed by atoms with Gasteiger partial charge in [0.1, 0.15) is 17.3 Å². The standard InChI is InChI=1S/C29H38N2O5/c1-7-30(8-2)17-18-31-26(21-9-13-23(14-10-21)35-19(3)4)25(28(33)29(31)34)27(32)22-11-15-24(16-12-22)36-20(5)6/h9-16,19-20,26,32H,7-8,17-18H2,1-6H3/t26-/m0/s1. The van der Waals surface area contributed by atoms with Crippen LogP contribution in [0.5, 0.6) is 11.5 Å². The monoisotopic (exact) mass is 494 g/mol. The van der Waals surface area contributed by atoms with Crippen LogP contribution in [0, 0.1) is 0 Å². The SMILES string of the molecule is CCN(CC)CCN1C(=O)C(=O)C(=C(O)c2ccc(OC(C)C)cc2)[C@@H]1c1ccc(OC(C)C)cc1. The molecule has 1 aliphatic rings. The highest BCUT2D eigenvalue weighted by Crippen LogP contribution is 2.40. The van der Waals surface area contributed by atoms with Gasteiger partial charge < -0.3 is 24.4 Å². The van der Waals surface area contributed by atoms with E-state index in [9.17, 15) is 14.7 Å². The molecule has 7 heteroatoms. The van der Waals surface area contributed by atoms with Gasteiger partial charge in [-0.1, -0.05) is 26.0 Å². The number of Topliss-reactive ketones (excluding diaryl/α,β-unsaturated/α-hetero) is 1. The van der Waals surface area contributed by atoms with Crippen LogP contribution in [-0.2, 0) is 9.59 Å². The molecule has 1 fully saturated rings. The number of nitrogens with zero attached hydrogens (tertiary/aromatic N) is 2. The van der Waals surface area contributed by atoms with Crippen molar-refractivity contribution >= 4 is 17.4 Å². The van der Waals surface area contributed by atoms with Gasteiger partial charge in [-0.15, -0.1) is 0 Å². The van der Waals surface area contributed by atoms with Gasteiger partial charge in [-0.25, -0.2) is 0 Å². The molecule has 0 bridgehead atoms. The second-order valence-corrected chi connectivity index (χ2v) is 9.45. The van der Waals surface area contributed by atoms with E-state index < -0.39 is 17.7 Å². The minimum absolute atomic E-state index is 0.0169. The van der Waals surface area contributed by atoms with E-state index >= 15 is 0 Å². The van der Waals surface area contributed by atoms with Gasteiger partial charge in [-0.2, -0.15) is 0 Å². The highest BCUT2D eigenvalue weighted by molar-refractivity contribution is 6.46. The van der Waals surface area contributed by atoms with E-state index in [-0.39, 0.29) is 23.5 Å². The quantitative estimate of drug-likeness (QED) is 0.268. The molecule has 0 aromatic heterocycles. The van der Waals surface area contributed by atoms with E-state index in [4.69, 9.17) is 9.47 Å². The van der Waals surface area contributed by atoms with E-state index in [1.807, 2.05) is 52.0 Å². The van der Waals surface area contributed by atoms with Crippen molar-refractivity contribution in [2.45, 2.75) is 59.8 Å². The lowest BCUT2D eigenvalue weighted by Crippen LogP contribution is -2.38. The summed E-state index contributed by atoms with van der Waals surface area (Å²) in [6, 6.07) is 13.6. The van der Waals surface area contributed by atoms with E-state index in [1.165, 1.54) is 0 Å². The summed E-state index contributed by atoms with van der Waals surface area (Å²) in [5, 5.41) is 11.3. The average molecular weight is 495 g/mol. The molecule has 1 aliphatic heterocycles. The number of carbonyl (C=O) groups is 2. The van der Waals surface area contributed by atoms with E-state index in [0.29, 0.717) is 30.2 Å². The summed E-state index contributed by atoms with van der Waals surface area (Å²) in [6.07, 6.45) is 0.0430. The molecule has 1 N–H and O–H groups in total. The maximum atomic E-state index is 13.3. The number of amides is 1. The number of likely N-dealkylation sites (N-methyl/N-ethyl adjacent to an activating group) is 1. The number of hydrogen-bond donors (Lipinski definition) is 1. The number of ether oxygens (including phenoxy) is 2. The number of likely N-dealkylation sites (tertiary alicyclic amines) is 1. The Morgan fingerprint density at radius 2 is 1.39 bits per heavy atom. The number of hydrogen-bond acceptors (Lipinski definition) is 6. The summed E-state index contributed by atoms with van der Waals surface area (Å²) in [4.78, 5) is 30.2. The number of aliphatic hydroxyl groups is 1. The number of ketones is 1. The van der Waals surface area contributed by atoms with Gasteiger partial charge in [0, 0.05) is 18.7 Å². The molecule has 7 nitrogen and oxygen atoms in total. The Kier molecular flexibility index (Phi) is 9.15. The van der Waals surface area contributed by atoms with Crippen molar-refractivity contribution in [2.75, 3.05) is 26.2 Å². The molecular formula is C29H38N2O5. The van der Waals surface area contributed by atoms with Crippen molar-refractivity contribution in [3.8, 4) is 11.5 Å². The Morgan fingerprint density at radius 1 is 0.889 bits per heavy atom. The Morgan fingerprint density at radius 3 is 1.86 bits per heavy atom. The third-order valence-electron chi connectivity index (χ3n) is 6.16. The molecule has 0 aliphatic carbocycles. The maximum absolute atomic E-state index is 13.3. The van der Waals surface area contributed by atoms with Crippen LogP contribution in [0.15, 0.2) is 54.1 Å². The van der Waals surface area contributed by atoms with Crippen LogP contribution < -0.4 is 9.47 Å². The molecule has 194 valence electrons. The maximum Gasteiger partial charge on any atom is 0.295 e. The predicted molar refractivity (Wildman–Crippen MR) is 141 cm³/mol. The fourth-order valence-corrected chi connectivity index (χ4v) is 4.37. The van der Waals surface area contributed by atoms with Crippen LogP contribution in [0.4, 0.5) is 0 Å². The van der Waals surface area contributed by atoms with Crippen LogP contribution in [0.2, 0.25) is 0 Å². The summed E-state index contributed by atoms with van der Waals surface area (Å²) in [5.74, 6) is -0.103. The summed E-state index contributed by atoms with van der Waals surface area (Å²) in [7, 11) is 0. The van der Waals surface area contributed by atoms with Crippen molar-refractivity contribution in [2.24, 2.45) is 0 Å². The van der Waals surface area contributed by atoms with Crippen molar-refractivity contribution in [3.05, 3.63) is 65.2 Å². The van der Waals surface area contributed by atoms with E-state index in [1.54, 1.807) is 29.2 Å². The molecule has 1 amide bonds. The van der Waals surface area contributed by atoms with Crippen molar-refractivity contribution in [3.63, 3.8) is 0 Å². The fourth-order valence-electron chi connectivity index (χ4n) is 4.37. The number of rotatable bonds is 11. The zero-order valence-electron chi connectivity index (χ0n) is 22.2. The summed E-state index contributed by atoms with van der Waals surface area (Å²) in [6.45, 7) is 14.6. The third kappa shape index (κ3) is 6.26. The van der Waals surface area contributed by atoms with Gasteiger partial charge in [-0.3, -0.25) is 9.59 Å². The minimum Gasteiger partial charge on any atom is -0.507 e. The first-order valence-corrected chi connectivity index (χ1v) is 12.7. The second-order valence-electron chi connectivity index (χ2n) is 9.45. The minimum atomic E-state index is -0.694. The Hall–Kier alpha value is -3.32. The van der Waals surface area contributed by atoms with Crippen LogP contribution in [-0.4, -0.2) is 65.0 Å². The average Bonchev–Trinajstić information content (AvgIpc) is 3.09. The number of carbonyl (C=O) groups excluding carboxylic acids is 2. The lowest BCUT2D eigenvalue weighted by Gasteiger charge is -2.28. The number of benzene rings is 2. The van der Waals surface area contributed by atoms with Gasteiger partial charge >= 0.3 is 0 Å². The lowest BCUT2D eigenvalue weighted by atomic mass is 9.95. The molecule has 2 aromatic carbocycles. The summed E-state index contributed by atoms with van der Waals surface area (Å²) >= 11 is 0. The predicted octanol–water partition coefficient (Wildman–Crippen LogP) is 5.02. The van der Waals surface area contributed by atoms with Gasteiger partial charge in [0.2, 0.25) is 0 Å². The lowest BCUT2D eigenvalue weighted by molar-refractivity contribution is -0.140. The molecule has 0 unspecified atom stereocenters. The zero-order chi connectivity index (χ0) is 26.4. The Labute approximate surface area is 214 Å². The molecule has 0 spiro atoms. The van der Waals surface area contributed by atoms with Gasteiger partial charge in [0.25, 0.3) is 11.7 Å². The molecular weight excluding hydrogens is 456 g/mol. The highest BCUT2D eigenvalue weighted by atomic mass is 16.5. The topological polar surface area (TPSA) is 79.3 Å². The van der Waals surface area contributed by atoms with Crippen molar-refractivity contribution < 1.29 is 24.2 Å². The molecule has 1 saturated heterocycles. The summed E-state index contributed by atoms with van der Waals surface area (Å²) in [5.41, 5.74) is 1.29. The van der Waals surface area contributed by atoms with Crippen LogP contribution in [0.3, 0.4) is 0 Å². The van der Waals surface area contributed by atoms with Crippen LogP contribution in [0.25, 0.3) is 5.76 Å². The molecule has 3 rings (SSSR count). The first-order chi connectivity index (χ1) is 17.2. The zero-order valence-corrected chi connectivity index (χ0v) is 22.2. The fraction of sp³-hybridized carbons (Fsp3) is 0.448. The normalized spacial score (nSPS) is 17.5. The van der Waals surface area contributed by atoms with Crippen LogP contribution >= 0.6 is 0 Å². The van der Waals surface area contributed by atoms with Gasteiger partial charge in [0.05, 0.1) is 23.8 Å².